The Morgan fingerprint density at radius 3 is 2.83 bits per heavy atom. The van der Waals surface area contributed by atoms with Crippen molar-refractivity contribution in [2.75, 3.05) is 12.8 Å². The number of aromatic nitrogens is 2. The van der Waals surface area contributed by atoms with Gasteiger partial charge < -0.3 is 10.5 Å². The van der Waals surface area contributed by atoms with Gasteiger partial charge in [-0.3, -0.25) is 0 Å². The zero-order chi connectivity index (χ0) is 13.3. The third-order valence-electron chi connectivity index (χ3n) is 2.60. The Hall–Kier alpha value is -2.01. The number of nitrogen functional groups attached to an aromatic ring is 1. The average molecular weight is 266 g/mol. The van der Waals surface area contributed by atoms with E-state index in [2.05, 4.69) is 9.84 Å². The van der Waals surface area contributed by atoms with Crippen molar-refractivity contribution >= 4 is 23.4 Å². The van der Waals surface area contributed by atoms with Gasteiger partial charge in [0, 0.05) is 5.02 Å². The number of aryl methyl sites for hydroxylation is 1. The molecule has 0 saturated heterocycles. The second-order valence-corrected chi connectivity index (χ2v) is 4.21. The zero-order valence-electron chi connectivity index (χ0n) is 9.98. The summed E-state index contributed by atoms with van der Waals surface area (Å²) in [6, 6.07) is 5.33. The molecule has 18 heavy (non-hydrogen) atoms. The molecule has 0 bridgehead atoms. The first-order valence-electron chi connectivity index (χ1n) is 5.23. The number of benzene rings is 1. The molecule has 0 amide bonds. The minimum absolute atomic E-state index is 0.242. The van der Waals surface area contributed by atoms with Crippen LogP contribution in [0.5, 0.6) is 0 Å². The average Bonchev–Trinajstić information content (AvgIpc) is 2.70. The quantitative estimate of drug-likeness (QED) is 0.845. The molecule has 1 aromatic carbocycles. The number of ether oxygens (including phenoxy) is 1. The molecule has 0 atom stereocenters. The molecule has 0 radical (unpaired) electrons. The fraction of sp³-hybridized carbons (Fsp3) is 0.167. The van der Waals surface area contributed by atoms with Gasteiger partial charge in [-0.05, 0) is 30.7 Å². The zero-order valence-corrected chi connectivity index (χ0v) is 10.7. The van der Waals surface area contributed by atoms with Crippen LogP contribution in [0.4, 0.5) is 5.82 Å². The molecule has 2 aromatic rings. The van der Waals surface area contributed by atoms with E-state index in [0.29, 0.717) is 5.02 Å². The first-order chi connectivity index (χ1) is 8.54. The second-order valence-electron chi connectivity index (χ2n) is 3.78. The monoisotopic (exact) mass is 265 g/mol. The van der Waals surface area contributed by atoms with Gasteiger partial charge >= 0.3 is 5.97 Å². The van der Waals surface area contributed by atoms with Gasteiger partial charge in [0.05, 0.1) is 19.0 Å². The van der Waals surface area contributed by atoms with Crippen molar-refractivity contribution in [3.8, 4) is 5.69 Å². The number of nitrogens with zero attached hydrogens (tertiary/aromatic N) is 2. The lowest BCUT2D eigenvalue weighted by Gasteiger charge is -2.08. The van der Waals surface area contributed by atoms with Gasteiger partial charge in [-0.15, -0.1) is 0 Å². The summed E-state index contributed by atoms with van der Waals surface area (Å²) in [6.07, 6.45) is 1.38. The topological polar surface area (TPSA) is 70.1 Å². The summed E-state index contributed by atoms with van der Waals surface area (Å²) in [5, 5.41) is 4.73. The van der Waals surface area contributed by atoms with E-state index in [1.54, 1.807) is 18.2 Å². The van der Waals surface area contributed by atoms with Crippen LogP contribution in [0.2, 0.25) is 5.02 Å². The summed E-state index contributed by atoms with van der Waals surface area (Å²) in [4.78, 5) is 11.4. The maximum atomic E-state index is 11.4. The van der Waals surface area contributed by atoms with Gasteiger partial charge in [-0.2, -0.15) is 5.10 Å². The van der Waals surface area contributed by atoms with Crippen LogP contribution in [0.1, 0.15) is 15.9 Å². The summed E-state index contributed by atoms with van der Waals surface area (Å²) in [7, 11) is 1.30. The normalized spacial score (nSPS) is 10.4. The number of hydrogen-bond acceptors (Lipinski definition) is 4. The van der Waals surface area contributed by atoms with Crippen LogP contribution >= 0.6 is 11.6 Å². The van der Waals surface area contributed by atoms with Gasteiger partial charge in [0.15, 0.2) is 0 Å². The predicted octanol–water partition coefficient (Wildman–Crippen LogP) is 2.20. The molecule has 0 aliphatic heterocycles. The molecule has 0 saturated carbocycles. The summed E-state index contributed by atoms with van der Waals surface area (Å²) >= 11 is 5.89. The smallest absolute Gasteiger partial charge is 0.343 e. The van der Waals surface area contributed by atoms with Crippen molar-refractivity contribution in [3.63, 3.8) is 0 Å². The third kappa shape index (κ3) is 2.04. The van der Waals surface area contributed by atoms with Crippen molar-refractivity contribution in [3.05, 3.63) is 40.5 Å². The Morgan fingerprint density at radius 1 is 1.50 bits per heavy atom. The standard InChI is InChI=1S/C12H12ClN3O2/c1-7-5-8(13)3-4-10(7)16-11(14)9(6-15-16)12(17)18-2/h3-6H,14H2,1-2H3. The number of methoxy groups -OCH3 is 1. The number of halogens is 1. The van der Waals surface area contributed by atoms with Crippen molar-refractivity contribution in [1.29, 1.82) is 0 Å². The Morgan fingerprint density at radius 2 is 2.22 bits per heavy atom. The van der Waals surface area contributed by atoms with Gasteiger partial charge in [0.2, 0.25) is 0 Å². The van der Waals surface area contributed by atoms with E-state index in [9.17, 15) is 4.79 Å². The molecule has 5 nitrogen and oxygen atoms in total. The van der Waals surface area contributed by atoms with E-state index in [4.69, 9.17) is 17.3 Å². The maximum Gasteiger partial charge on any atom is 0.343 e. The van der Waals surface area contributed by atoms with Crippen LogP contribution in [0, 0.1) is 6.92 Å². The van der Waals surface area contributed by atoms with E-state index in [1.165, 1.54) is 18.0 Å². The van der Waals surface area contributed by atoms with Gasteiger partial charge in [-0.25, -0.2) is 9.48 Å². The SMILES string of the molecule is COC(=O)c1cnn(-c2ccc(Cl)cc2C)c1N. The van der Waals surface area contributed by atoms with Gasteiger partial charge in [0.1, 0.15) is 11.4 Å². The van der Waals surface area contributed by atoms with Crippen LogP contribution in [0.3, 0.4) is 0 Å². The van der Waals surface area contributed by atoms with E-state index >= 15 is 0 Å². The van der Waals surface area contributed by atoms with Crippen molar-refractivity contribution in [2.45, 2.75) is 6.92 Å². The Bertz CT molecular complexity index is 607. The van der Waals surface area contributed by atoms with Crippen LogP contribution in [-0.2, 0) is 4.74 Å². The number of hydrogen-bond donors (Lipinski definition) is 1. The molecule has 0 aliphatic rings. The highest BCUT2D eigenvalue weighted by Gasteiger charge is 2.17. The molecule has 0 unspecified atom stereocenters. The van der Waals surface area contributed by atoms with E-state index in [0.717, 1.165) is 11.3 Å². The number of rotatable bonds is 2. The molecule has 94 valence electrons. The number of carbonyl (C=O) groups excluding carboxylic acids is 1. The van der Waals surface area contributed by atoms with E-state index < -0.39 is 5.97 Å². The highest BCUT2D eigenvalue weighted by atomic mass is 35.5. The predicted molar refractivity (Wildman–Crippen MR) is 69.1 cm³/mol. The first-order valence-corrected chi connectivity index (χ1v) is 5.60. The fourth-order valence-electron chi connectivity index (χ4n) is 1.67. The van der Waals surface area contributed by atoms with Crippen LogP contribution in [0.15, 0.2) is 24.4 Å². The van der Waals surface area contributed by atoms with E-state index in [1.807, 2.05) is 6.92 Å². The highest BCUT2D eigenvalue weighted by molar-refractivity contribution is 6.30. The minimum atomic E-state index is -0.509. The molecule has 2 rings (SSSR count). The van der Waals surface area contributed by atoms with Crippen LogP contribution in [0.25, 0.3) is 5.69 Å². The van der Waals surface area contributed by atoms with Crippen LogP contribution in [-0.4, -0.2) is 22.9 Å². The molecule has 6 heteroatoms. The summed E-state index contributed by atoms with van der Waals surface area (Å²) in [6.45, 7) is 1.89. The van der Waals surface area contributed by atoms with Crippen molar-refractivity contribution in [2.24, 2.45) is 0 Å². The molecule has 1 aromatic heterocycles. The number of carbonyl (C=O) groups is 1. The first kappa shape index (κ1) is 12.4. The number of anilines is 1. The lowest BCUT2D eigenvalue weighted by molar-refractivity contribution is 0.0602. The molecule has 2 N–H and O–H groups in total. The van der Waals surface area contributed by atoms with Crippen LogP contribution < -0.4 is 5.73 Å². The lowest BCUT2D eigenvalue weighted by Crippen LogP contribution is -2.08. The molecule has 0 aliphatic carbocycles. The minimum Gasteiger partial charge on any atom is -0.465 e. The molecular formula is C12H12ClN3O2. The molecule has 0 spiro atoms. The third-order valence-corrected chi connectivity index (χ3v) is 2.83. The van der Waals surface area contributed by atoms with Gasteiger partial charge in [-0.1, -0.05) is 11.6 Å². The molecule has 1 heterocycles. The Labute approximate surface area is 109 Å². The molecular weight excluding hydrogens is 254 g/mol. The van der Waals surface area contributed by atoms with Crippen molar-refractivity contribution < 1.29 is 9.53 Å². The van der Waals surface area contributed by atoms with Gasteiger partial charge in [0.25, 0.3) is 0 Å². The van der Waals surface area contributed by atoms with E-state index in [-0.39, 0.29) is 11.4 Å². The largest absolute Gasteiger partial charge is 0.465 e. The van der Waals surface area contributed by atoms with Crippen molar-refractivity contribution in [1.82, 2.24) is 9.78 Å². The summed E-state index contributed by atoms with van der Waals surface area (Å²) < 4.78 is 6.11. The fourth-order valence-corrected chi connectivity index (χ4v) is 1.90. The summed E-state index contributed by atoms with van der Waals surface area (Å²) in [5.74, 6) is -0.266. The second kappa shape index (κ2) is 4.70. The maximum absolute atomic E-state index is 11.4. The summed E-state index contributed by atoms with van der Waals surface area (Å²) in [5.41, 5.74) is 7.81. The Kier molecular flexibility index (Phi) is 3.25. The number of esters is 1. The number of nitrogens with two attached hydrogens (primary N) is 1. The lowest BCUT2D eigenvalue weighted by atomic mass is 10.2. The highest BCUT2D eigenvalue weighted by Crippen LogP contribution is 2.23. The molecule has 0 fully saturated rings. The Balaban J connectivity index is 2.52.